The SMILES string of the molecule is CC1(C)OC(=O)C(CCn2cnc3nc(Cl)nc(Cl)c32)C(=O)O1. The Morgan fingerprint density at radius 1 is 1.22 bits per heavy atom. The summed E-state index contributed by atoms with van der Waals surface area (Å²) in [5, 5.41) is 0.141. The summed E-state index contributed by atoms with van der Waals surface area (Å²) in [6.07, 6.45) is 1.67. The van der Waals surface area contributed by atoms with Crippen molar-refractivity contribution < 1.29 is 19.1 Å². The van der Waals surface area contributed by atoms with Crippen LogP contribution in [0.2, 0.25) is 10.4 Å². The molecule has 0 amide bonds. The number of nitrogens with zero attached hydrogens (tertiary/aromatic N) is 4. The van der Waals surface area contributed by atoms with Crippen molar-refractivity contribution in [1.29, 1.82) is 0 Å². The lowest BCUT2D eigenvalue weighted by Gasteiger charge is -2.32. The van der Waals surface area contributed by atoms with Crippen LogP contribution in [0.1, 0.15) is 20.3 Å². The summed E-state index contributed by atoms with van der Waals surface area (Å²) in [5.74, 6) is -3.45. The zero-order chi connectivity index (χ0) is 16.8. The molecule has 23 heavy (non-hydrogen) atoms. The fraction of sp³-hybridized carbons (Fsp3) is 0.462. The van der Waals surface area contributed by atoms with Crippen LogP contribution >= 0.6 is 23.2 Å². The Labute approximate surface area is 140 Å². The summed E-state index contributed by atoms with van der Waals surface area (Å²) in [4.78, 5) is 35.8. The number of aromatic nitrogens is 4. The van der Waals surface area contributed by atoms with E-state index in [2.05, 4.69) is 15.0 Å². The van der Waals surface area contributed by atoms with Crippen molar-refractivity contribution in [2.45, 2.75) is 32.6 Å². The van der Waals surface area contributed by atoms with Crippen LogP contribution in [0.4, 0.5) is 0 Å². The number of halogens is 2. The van der Waals surface area contributed by atoms with Gasteiger partial charge in [0.2, 0.25) is 5.28 Å². The molecule has 8 nitrogen and oxygen atoms in total. The van der Waals surface area contributed by atoms with Crippen molar-refractivity contribution >= 4 is 46.3 Å². The predicted molar refractivity (Wildman–Crippen MR) is 79.7 cm³/mol. The fourth-order valence-electron chi connectivity index (χ4n) is 2.33. The van der Waals surface area contributed by atoms with Gasteiger partial charge in [-0.05, 0) is 18.0 Å². The van der Waals surface area contributed by atoms with Crippen molar-refractivity contribution in [3.05, 3.63) is 16.8 Å². The molecule has 122 valence electrons. The Balaban J connectivity index is 1.79. The van der Waals surface area contributed by atoms with Gasteiger partial charge in [0.15, 0.2) is 16.7 Å². The van der Waals surface area contributed by atoms with E-state index < -0.39 is 23.6 Å². The molecule has 3 heterocycles. The van der Waals surface area contributed by atoms with E-state index in [0.717, 1.165) is 0 Å². The van der Waals surface area contributed by atoms with Gasteiger partial charge in [-0.2, -0.15) is 4.98 Å². The first-order chi connectivity index (χ1) is 10.8. The molecule has 3 rings (SSSR count). The molecule has 0 aliphatic carbocycles. The molecule has 0 radical (unpaired) electrons. The van der Waals surface area contributed by atoms with Crippen molar-refractivity contribution in [3.8, 4) is 0 Å². The summed E-state index contributed by atoms with van der Waals surface area (Å²) in [6.45, 7) is 3.29. The van der Waals surface area contributed by atoms with E-state index >= 15 is 0 Å². The van der Waals surface area contributed by atoms with Gasteiger partial charge >= 0.3 is 11.9 Å². The molecule has 0 unspecified atom stereocenters. The highest BCUT2D eigenvalue weighted by molar-refractivity contribution is 6.35. The number of ether oxygens (including phenoxy) is 2. The molecular weight excluding hydrogens is 347 g/mol. The van der Waals surface area contributed by atoms with Crippen molar-refractivity contribution in [2.24, 2.45) is 5.92 Å². The van der Waals surface area contributed by atoms with Gasteiger partial charge in [-0.3, -0.25) is 9.59 Å². The zero-order valence-corrected chi connectivity index (χ0v) is 13.8. The van der Waals surface area contributed by atoms with Crippen LogP contribution in [0, 0.1) is 5.92 Å². The third-order valence-corrected chi connectivity index (χ3v) is 3.76. The molecule has 0 spiro atoms. The summed E-state index contributed by atoms with van der Waals surface area (Å²) in [7, 11) is 0. The van der Waals surface area contributed by atoms with Gasteiger partial charge in [-0.1, -0.05) is 11.6 Å². The lowest BCUT2D eigenvalue weighted by atomic mass is 10.0. The fourth-order valence-corrected chi connectivity index (χ4v) is 2.81. The molecule has 0 bridgehead atoms. The minimum atomic E-state index is -1.24. The summed E-state index contributed by atoms with van der Waals surface area (Å²) in [5.41, 5.74) is 0.818. The standard InChI is InChI=1S/C13H12Cl2N4O4/c1-13(2)22-10(20)6(11(21)23-13)3-4-19-5-16-9-7(19)8(14)17-12(15)18-9/h5-6H,3-4H2,1-2H3. The third kappa shape index (κ3) is 3.09. The minimum absolute atomic E-state index is 0.00517. The van der Waals surface area contributed by atoms with Crippen LogP contribution in [-0.4, -0.2) is 37.2 Å². The first-order valence-corrected chi connectivity index (χ1v) is 7.52. The minimum Gasteiger partial charge on any atom is -0.422 e. The molecule has 1 aliphatic heterocycles. The Morgan fingerprint density at radius 2 is 1.87 bits per heavy atom. The Kier molecular flexibility index (Phi) is 3.89. The highest BCUT2D eigenvalue weighted by Crippen LogP contribution is 2.27. The lowest BCUT2D eigenvalue weighted by Crippen LogP contribution is -2.46. The second kappa shape index (κ2) is 5.61. The summed E-state index contributed by atoms with van der Waals surface area (Å²) < 4.78 is 11.8. The lowest BCUT2D eigenvalue weighted by molar-refractivity contribution is -0.240. The number of imidazole rings is 1. The first-order valence-electron chi connectivity index (χ1n) is 6.76. The second-order valence-corrected chi connectivity index (χ2v) is 6.17. The number of hydrogen-bond acceptors (Lipinski definition) is 7. The van der Waals surface area contributed by atoms with Crippen LogP contribution in [0.3, 0.4) is 0 Å². The molecule has 10 heteroatoms. The normalized spacial score (nSPS) is 18.1. The van der Waals surface area contributed by atoms with E-state index in [0.29, 0.717) is 11.2 Å². The molecule has 2 aromatic rings. The van der Waals surface area contributed by atoms with Gasteiger partial charge in [0.1, 0.15) is 5.52 Å². The van der Waals surface area contributed by atoms with E-state index in [9.17, 15) is 9.59 Å². The summed E-state index contributed by atoms with van der Waals surface area (Å²) in [6, 6.07) is 0. The van der Waals surface area contributed by atoms with Crippen LogP contribution < -0.4 is 0 Å². The van der Waals surface area contributed by atoms with Gasteiger partial charge in [-0.15, -0.1) is 0 Å². The Morgan fingerprint density at radius 3 is 2.52 bits per heavy atom. The van der Waals surface area contributed by atoms with Gasteiger partial charge < -0.3 is 14.0 Å². The molecule has 1 aliphatic rings. The van der Waals surface area contributed by atoms with Gasteiger partial charge in [0.25, 0.3) is 5.79 Å². The monoisotopic (exact) mass is 358 g/mol. The number of carbonyl (C=O) groups excluding carboxylic acids is 2. The van der Waals surface area contributed by atoms with Crippen LogP contribution in [0.15, 0.2) is 6.33 Å². The average Bonchev–Trinajstić information content (AvgIpc) is 2.79. The number of carbonyl (C=O) groups is 2. The maximum atomic E-state index is 11.9. The third-order valence-electron chi connectivity index (χ3n) is 3.32. The molecule has 0 saturated carbocycles. The number of fused-ring (bicyclic) bond motifs is 1. The van der Waals surface area contributed by atoms with Gasteiger partial charge in [0, 0.05) is 20.4 Å². The van der Waals surface area contributed by atoms with E-state index in [4.69, 9.17) is 32.7 Å². The number of esters is 2. The maximum Gasteiger partial charge on any atom is 0.323 e. The number of hydrogen-bond donors (Lipinski definition) is 0. The molecule has 0 aromatic carbocycles. The Bertz CT molecular complexity index is 785. The number of aryl methyl sites for hydroxylation is 1. The predicted octanol–water partition coefficient (Wildman–Crippen LogP) is 1.98. The Hall–Kier alpha value is -1.93. The first kappa shape index (κ1) is 15.9. The highest BCUT2D eigenvalue weighted by Gasteiger charge is 2.42. The average molecular weight is 359 g/mol. The van der Waals surface area contributed by atoms with Crippen molar-refractivity contribution in [1.82, 2.24) is 19.5 Å². The molecule has 1 saturated heterocycles. The maximum absolute atomic E-state index is 11.9. The van der Waals surface area contributed by atoms with E-state index in [-0.39, 0.29) is 23.4 Å². The summed E-state index contributed by atoms with van der Waals surface area (Å²) >= 11 is 11.8. The van der Waals surface area contributed by atoms with Crippen molar-refractivity contribution in [3.63, 3.8) is 0 Å². The van der Waals surface area contributed by atoms with Crippen LogP contribution in [0.5, 0.6) is 0 Å². The van der Waals surface area contributed by atoms with Gasteiger partial charge in [-0.25, -0.2) is 9.97 Å². The quantitative estimate of drug-likeness (QED) is 0.358. The van der Waals surface area contributed by atoms with Crippen LogP contribution in [0.25, 0.3) is 11.2 Å². The zero-order valence-electron chi connectivity index (χ0n) is 12.2. The van der Waals surface area contributed by atoms with Crippen molar-refractivity contribution in [2.75, 3.05) is 0 Å². The van der Waals surface area contributed by atoms with E-state index in [1.807, 2.05) is 0 Å². The van der Waals surface area contributed by atoms with Crippen LogP contribution in [-0.2, 0) is 25.6 Å². The van der Waals surface area contributed by atoms with E-state index in [1.54, 1.807) is 4.57 Å². The smallest absolute Gasteiger partial charge is 0.323 e. The molecule has 0 atom stereocenters. The largest absolute Gasteiger partial charge is 0.422 e. The van der Waals surface area contributed by atoms with E-state index in [1.165, 1.54) is 20.2 Å². The topological polar surface area (TPSA) is 96.2 Å². The number of cyclic esters (lactones) is 2. The second-order valence-electron chi connectivity index (χ2n) is 5.48. The highest BCUT2D eigenvalue weighted by atomic mass is 35.5. The molecule has 0 N–H and O–H groups in total. The molecule has 1 fully saturated rings. The molecular formula is C13H12Cl2N4O4. The van der Waals surface area contributed by atoms with Gasteiger partial charge in [0.05, 0.1) is 6.33 Å². The number of rotatable bonds is 3. The molecule has 2 aromatic heterocycles.